The van der Waals surface area contributed by atoms with E-state index in [1.165, 1.54) is 23.6 Å². The van der Waals surface area contributed by atoms with Gasteiger partial charge >= 0.3 is 0 Å². The average Bonchev–Trinajstić information content (AvgIpc) is 2.75. The lowest BCUT2D eigenvalue weighted by atomic mass is 10.1. The number of rotatable bonds is 5. The number of nitrogens with zero attached hydrogens (tertiary/aromatic N) is 4. The van der Waals surface area contributed by atoms with Crippen LogP contribution in [0.25, 0.3) is 5.69 Å². The Morgan fingerprint density at radius 2 is 2.05 bits per heavy atom. The zero-order valence-corrected chi connectivity index (χ0v) is 13.2. The Kier molecular flexibility index (Phi) is 4.44. The Hall–Kier alpha value is -1.41. The van der Waals surface area contributed by atoms with Crippen molar-refractivity contribution in [1.29, 1.82) is 0 Å². The molecule has 2 aromatic rings. The summed E-state index contributed by atoms with van der Waals surface area (Å²) in [5.41, 5.74) is 3.15. The van der Waals surface area contributed by atoms with E-state index in [4.69, 9.17) is 0 Å². The second-order valence-electron chi connectivity index (χ2n) is 4.64. The maximum atomic E-state index is 11.1. The highest BCUT2D eigenvalue weighted by atomic mass is 32.2. The van der Waals surface area contributed by atoms with Gasteiger partial charge < -0.3 is 0 Å². The molecular formula is C12H16N4O2S2. The first kappa shape index (κ1) is 15.0. The number of aromatic nitrogens is 4. The summed E-state index contributed by atoms with van der Waals surface area (Å²) >= 11 is 1.34. The van der Waals surface area contributed by atoms with Crippen molar-refractivity contribution in [3.8, 4) is 5.69 Å². The van der Waals surface area contributed by atoms with E-state index in [1.54, 1.807) is 4.68 Å². The molecule has 1 aromatic heterocycles. The highest BCUT2D eigenvalue weighted by molar-refractivity contribution is 8.00. The van der Waals surface area contributed by atoms with Crippen LogP contribution in [0, 0.1) is 13.8 Å². The van der Waals surface area contributed by atoms with Crippen LogP contribution in [0.1, 0.15) is 11.1 Å². The molecule has 108 valence electrons. The lowest BCUT2D eigenvalue weighted by Crippen LogP contribution is -2.07. The van der Waals surface area contributed by atoms with E-state index in [1.807, 2.05) is 26.0 Å². The summed E-state index contributed by atoms with van der Waals surface area (Å²) in [6, 6.07) is 6.01. The van der Waals surface area contributed by atoms with Crippen molar-refractivity contribution in [2.75, 3.05) is 17.8 Å². The van der Waals surface area contributed by atoms with Crippen molar-refractivity contribution in [2.45, 2.75) is 19.0 Å². The first-order chi connectivity index (χ1) is 9.37. The van der Waals surface area contributed by atoms with Crippen molar-refractivity contribution in [1.82, 2.24) is 20.2 Å². The molecule has 0 aliphatic rings. The van der Waals surface area contributed by atoms with Crippen LogP contribution < -0.4 is 0 Å². The van der Waals surface area contributed by atoms with Crippen molar-refractivity contribution in [3.63, 3.8) is 0 Å². The highest BCUT2D eigenvalue weighted by Crippen LogP contribution is 2.21. The molecule has 0 aliphatic carbocycles. The van der Waals surface area contributed by atoms with Crippen molar-refractivity contribution in [2.24, 2.45) is 0 Å². The van der Waals surface area contributed by atoms with Gasteiger partial charge in [-0.25, -0.2) is 8.42 Å². The fraction of sp³-hybridized carbons (Fsp3) is 0.417. The van der Waals surface area contributed by atoms with Gasteiger partial charge in [0.15, 0.2) is 0 Å². The van der Waals surface area contributed by atoms with Gasteiger partial charge in [-0.05, 0) is 35.9 Å². The predicted molar refractivity (Wildman–Crippen MR) is 79.1 cm³/mol. The second-order valence-corrected chi connectivity index (χ2v) is 7.96. The number of sulfone groups is 1. The fourth-order valence-corrected chi connectivity index (χ4v) is 3.83. The van der Waals surface area contributed by atoms with E-state index >= 15 is 0 Å². The fourth-order valence-electron chi connectivity index (χ4n) is 1.75. The van der Waals surface area contributed by atoms with E-state index in [9.17, 15) is 8.42 Å². The Morgan fingerprint density at radius 3 is 2.70 bits per heavy atom. The third-order valence-electron chi connectivity index (χ3n) is 2.71. The van der Waals surface area contributed by atoms with Gasteiger partial charge in [0, 0.05) is 12.0 Å². The molecular weight excluding hydrogens is 296 g/mol. The smallest absolute Gasteiger partial charge is 0.214 e. The van der Waals surface area contributed by atoms with E-state index < -0.39 is 9.84 Å². The molecule has 0 fully saturated rings. The number of thioether (sulfide) groups is 1. The number of hydrogen-bond donors (Lipinski definition) is 0. The van der Waals surface area contributed by atoms with E-state index in [0.29, 0.717) is 10.9 Å². The van der Waals surface area contributed by atoms with Gasteiger partial charge in [0.25, 0.3) is 0 Å². The van der Waals surface area contributed by atoms with Gasteiger partial charge in [0.1, 0.15) is 9.84 Å². The minimum absolute atomic E-state index is 0.109. The molecule has 0 aliphatic heterocycles. The molecule has 1 heterocycles. The zero-order chi connectivity index (χ0) is 14.8. The second kappa shape index (κ2) is 5.92. The van der Waals surface area contributed by atoms with Crippen LogP contribution in [0.5, 0.6) is 0 Å². The standard InChI is InChI=1S/C12H16N4O2S2/c1-9-4-5-11(10(2)8-9)16-12(13-14-15-16)19-6-7-20(3,17)18/h4-5,8H,6-7H2,1-3H3. The van der Waals surface area contributed by atoms with Crippen molar-refractivity contribution in [3.05, 3.63) is 29.3 Å². The van der Waals surface area contributed by atoms with Gasteiger partial charge in [-0.2, -0.15) is 4.68 Å². The minimum Gasteiger partial charge on any atom is -0.229 e. The first-order valence-electron chi connectivity index (χ1n) is 6.03. The molecule has 2 rings (SSSR count). The molecule has 0 saturated carbocycles. The molecule has 0 spiro atoms. The van der Waals surface area contributed by atoms with Crippen LogP contribution in [0.15, 0.2) is 23.4 Å². The molecule has 1 aromatic carbocycles. The monoisotopic (exact) mass is 312 g/mol. The first-order valence-corrected chi connectivity index (χ1v) is 9.08. The Balaban J connectivity index is 2.20. The Labute approximate surface area is 122 Å². The molecule has 8 heteroatoms. The third-order valence-corrected chi connectivity index (χ3v) is 4.83. The van der Waals surface area contributed by atoms with Gasteiger partial charge in [-0.15, -0.1) is 5.10 Å². The SMILES string of the molecule is Cc1ccc(-n2nnnc2SCCS(C)(=O)=O)c(C)c1. The summed E-state index contributed by atoms with van der Waals surface area (Å²) in [6.07, 6.45) is 1.22. The predicted octanol–water partition coefficient (Wildman–Crippen LogP) is 1.42. The summed E-state index contributed by atoms with van der Waals surface area (Å²) in [7, 11) is -2.97. The normalized spacial score (nSPS) is 11.8. The lowest BCUT2D eigenvalue weighted by Gasteiger charge is -2.08. The molecule has 6 nitrogen and oxygen atoms in total. The van der Waals surface area contributed by atoms with Crippen LogP contribution in [0.3, 0.4) is 0 Å². The molecule has 0 amide bonds. The summed E-state index contributed by atoms with van der Waals surface area (Å²) < 4.78 is 23.9. The summed E-state index contributed by atoms with van der Waals surface area (Å²) in [4.78, 5) is 0. The average molecular weight is 312 g/mol. The molecule has 0 unspecified atom stereocenters. The van der Waals surface area contributed by atoms with Crippen LogP contribution in [0.2, 0.25) is 0 Å². The summed E-state index contributed by atoms with van der Waals surface area (Å²) in [5, 5.41) is 12.2. The molecule has 0 saturated heterocycles. The van der Waals surface area contributed by atoms with Crippen LogP contribution in [-0.4, -0.2) is 46.4 Å². The molecule has 0 radical (unpaired) electrons. The Morgan fingerprint density at radius 1 is 1.30 bits per heavy atom. The van der Waals surface area contributed by atoms with Crippen molar-refractivity contribution < 1.29 is 8.42 Å². The van der Waals surface area contributed by atoms with Gasteiger partial charge in [-0.1, -0.05) is 29.5 Å². The third kappa shape index (κ3) is 3.80. The largest absolute Gasteiger partial charge is 0.229 e. The van der Waals surface area contributed by atoms with E-state index in [-0.39, 0.29) is 5.75 Å². The van der Waals surface area contributed by atoms with Gasteiger partial charge in [0.05, 0.1) is 11.4 Å². The summed E-state index contributed by atoms with van der Waals surface area (Å²) in [6.45, 7) is 4.02. The van der Waals surface area contributed by atoms with Gasteiger partial charge in [0.2, 0.25) is 5.16 Å². The van der Waals surface area contributed by atoms with E-state index in [2.05, 4.69) is 21.6 Å². The zero-order valence-electron chi connectivity index (χ0n) is 11.6. The van der Waals surface area contributed by atoms with Crippen LogP contribution >= 0.6 is 11.8 Å². The molecule has 0 bridgehead atoms. The highest BCUT2D eigenvalue weighted by Gasteiger charge is 2.12. The van der Waals surface area contributed by atoms with Crippen LogP contribution in [-0.2, 0) is 9.84 Å². The van der Waals surface area contributed by atoms with E-state index in [0.717, 1.165) is 11.3 Å². The maximum absolute atomic E-state index is 11.1. The minimum atomic E-state index is -2.97. The molecule has 0 N–H and O–H groups in total. The molecule has 20 heavy (non-hydrogen) atoms. The summed E-state index contributed by atoms with van der Waals surface area (Å²) in [5.74, 6) is 0.543. The van der Waals surface area contributed by atoms with Crippen LogP contribution in [0.4, 0.5) is 0 Å². The lowest BCUT2D eigenvalue weighted by molar-refractivity contribution is 0.603. The molecule has 0 atom stereocenters. The number of tetrazole rings is 1. The number of aryl methyl sites for hydroxylation is 2. The quantitative estimate of drug-likeness (QED) is 0.777. The number of benzene rings is 1. The van der Waals surface area contributed by atoms with Gasteiger partial charge in [-0.3, -0.25) is 0 Å². The topological polar surface area (TPSA) is 77.7 Å². The number of hydrogen-bond acceptors (Lipinski definition) is 6. The maximum Gasteiger partial charge on any atom is 0.214 e. The Bertz CT molecular complexity index is 710. The van der Waals surface area contributed by atoms with Crippen molar-refractivity contribution >= 4 is 21.6 Å².